The van der Waals surface area contributed by atoms with Gasteiger partial charge in [-0.1, -0.05) is 69.2 Å². The van der Waals surface area contributed by atoms with Gasteiger partial charge in [-0.15, -0.1) is 0 Å². The summed E-state index contributed by atoms with van der Waals surface area (Å²) in [4.78, 5) is 0. The molecule has 1 fully saturated rings. The van der Waals surface area contributed by atoms with E-state index in [1.807, 2.05) is 0 Å². The standard InChI is InChI=1S/C12H30N2OSi2.C12H11P.Bi/c1-11(2,3)13-16(7,8)15-17(9,10)14-12(4,5)6;1-3-7-11(8-4-1)13-12-9-5-2-6-10-12;/h1-10H3;1-10,13H;/q-2;;+2. The maximum atomic E-state index is 6.71. The van der Waals surface area contributed by atoms with E-state index in [1.54, 1.807) is 0 Å². The summed E-state index contributed by atoms with van der Waals surface area (Å²) in [5.41, 5.74) is 0.502. The van der Waals surface area contributed by atoms with Crippen LogP contribution in [0.1, 0.15) is 41.5 Å². The van der Waals surface area contributed by atoms with Gasteiger partial charge in [0.2, 0.25) is 0 Å². The predicted molar refractivity (Wildman–Crippen MR) is 145 cm³/mol. The summed E-state index contributed by atoms with van der Waals surface area (Å²) in [5, 5.41) is 2.79. The molecule has 2 aromatic rings. The maximum absolute atomic E-state index is 6.71. The molecule has 1 radical (unpaired) electrons. The fourth-order valence-corrected chi connectivity index (χ4v) is 27.4. The number of benzene rings is 2. The molecular weight excluding hydrogens is 628 g/mol. The van der Waals surface area contributed by atoms with Crippen molar-refractivity contribution >= 4 is 60.0 Å². The van der Waals surface area contributed by atoms with E-state index in [1.165, 1.54) is 10.6 Å². The average Bonchev–Trinajstić information content (AvgIpc) is 2.60. The van der Waals surface area contributed by atoms with Crippen LogP contribution in [0.4, 0.5) is 0 Å². The molecule has 0 bridgehead atoms. The molecule has 171 valence electrons. The van der Waals surface area contributed by atoms with E-state index in [4.69, 9.17) is 4.12 Å². The fourth-order valence-electron chi connectivity index (χ4n) is 4.10. The van der Waals surface area contributed by atoms with Crippen molar-refractivity contribution in [2.24, 2.45) is 0 Å². The summed E-state index contributed by atoms with van der Waals surface area (Å²) in [6.07, 6.45) is 0. The molecule has 7 heteroatoms. The minimum atomic E-state index is -1.68. The van der Waals surface area contributed by atoms with Crippen LogP contribution in [0.5, 0.6) is 0 Å². The van der Waals surface area contributed by atoms with Crippen LogP contribution in [0.3, 0.4) is 0 Å². The van der Waals surface area contributed by atoms with E-state index in [9.17, 15) is 0 Å². The largest absolute Gasteiger partial charge is 0.0622 e. The molecule has 0 aliphatic carbocycles. The molecule has 0 atom stereocenters. The van der Waals surface area contributed by atoms with Crippen molar-refractivity contribution in [1.29, 1.82) is 0 Å². The Labute approximate surface area is 207 Å². The Kier molecular flexibility index (Phi) is 9.30. The van der Waals surface area contributed by atoms with Crippen LogP contribution in [0.15, 0.2) is 60.7 Å². The Morgan fingerprint density at radius 3 is 1.26 bits per heavy atom. The van der Waals surface area contributed by atoms with Gasteiger partial charge < -0.3 is 0 Å². The smallest absolute Gasteiger partial charge is 0.0226 e. The van der Waals surface area contributed by atoms with E-state index in [-0.39, 0.29) is 11.1 Å². The first-order valence-electron chi connectivity index (χ1n) is 11.0. The third-order valence-corrected chi connectivity index (χ3v) is 32.3. The first-order chi connectivity index (χ1) is 14.1. The molecule has 1 saturated heterocycles. The first kappa shape index (κ1) is 27.3. The second-order valence-electron chi connectivity index (χ2n) is 10.9. The summed E-state index contributed by atoms with van der Waals surface area (Å²) in [6.45, 7) is 23.6. The van der Waals surface area contributed by atoms with Crippen LogP contribution in [0.2, 0.25) is 26.2 Å². The van der Waals surface area contributed by atoms with Crippen molar-refractivity contribution in [3.05, 3.63) is 60.7 Å². The molecular formula is C24H41BiN2OPSi2. The Morgan fingerprint density at radius 2 is 0.968 bits per heavy atom. The van der Waals surface area contributed by atoms with Crippen molar-refractivity contribution in [3.63, 3.8) is 0 Å². The van der Waals surface area contributed by atoms with Gasteiger partial charge in [0, 0.05) is 0 Å². The van der Waals surface area contributed by atoms with E-state index in [0.717, 1.165) is 8.58 Å². The number of hydrogen-bond acceptors (Lipinski definition) is 3. The third kappa shape index (κ3) is 8.10. The number of nitrogens with zero attached hydrogens (tertiary/aromatic N) is 2. The summed E-state index contributed by atoms with van der Waals surface area (Å²) >= 11 is -0.854. The molecule has 3 rings (SSSR count). The molecule has 3 nitrogen and oxygen atoms in total. The zero-order valence-electron chi connectivity index (χ0n) is 21.0. The third-order valence-electron chi connectivity index (χ3n) is 4.81. The maximum Gasteiger partial charge on any atom is -0.0226 e. The van der Waals surface area contributed by atoms with Gasteiger partial charge in [-0.2, -0.15) is 0 Å². The van der Waals surface area contributed by atoms with Crippen LogP contribution in [0.25, 0.3) is 0 Å². The Balaban J connectivity index is 0.000000231. The topological polar surface area (TPSA) is 15.7 Å². The van der Waals surface area contributed by atoms with Crippen molar-refractivity contribution in [3.8, 4) is 0 Å². The van der Waals surface area contributed by atoms with E-state index < -0.39 is 40.8 Å². The van der Waals surface area contributed by atoms with Crippen molar-refractivity contribution in [2.75, 3.05) is 0 Å². The Hall–Kier alpha value is 0.0669. The first-order valence-corrected chi connectivity index (χ1v) is 20.8. The van der Waals surface area contributed by atoms with Gasteiger partial charge in [-0.25, -0.2) is 0 Å². The molecule has 31 heavy (non-hydrogen) atoms. The summed E-state index contributed by atoms with van der Waals surface area (Å²) in [5.74, 6) is 0. The predicted octanol–water partition coefficient (Wildman–Crippen LogP) is 5.47. The van der Waals surface area contributed by atoms with Crippen LogP contribution in [0, 0.1) is 0 Å². The zero-order chi connectivity index (χ0) is 23.5. The quantitative estimate of drug-likeness (QED) is 0.312. The van der Waals surface area contributed by atoms with Gasteiger partial charge in [-0.05, 0) is 10.6 Å². The monoisotopic (exact) mass is 669 g/mol. The molecule has 0 aromatic heterocycles. The van der Waals surface area contributed by atoms with Crippen LogP contribution in [-0.4, -0.2) is 56.9 Å². The molecule has 0 saturated carbocycles. The van der Waals surface area contributed by atoms with Crippen molar-refractivity contribution in [2.45, 2.75) is 78.8 Å². The van der Waals surface area contributed by atoms with Crippen molar-refractivity contribution < 1.29 is 4.12 Å². The Bertz CT molecular complexity index is 753. The van der Waals surface area contributed by atoms with Crippen molar-refractivity contribution in [1.82, 2.24) is 5.02 Å². The SMILES string of the molecule is CC(C)(C)[N]1[Bi][N](C(C)(C)C)[Si](C)(C)O[Si]1(C)C.c1ccc(Pc2ccccc2)cc1. The van der Waals surface area contributed by atoms with E-state index >= 15 is 0 Å². The van der Waals surface area contributed by atoms with E-state index in [2.05, 4.69) is 133 Å². The second-order valence-corrected chi connectivity index (χ2v) is 26.7. The van der Waals surface area contributed by atoms with Crippen LogP contribution < -0.4 is 10.6 Å². The fraction of sp³-hybridized carbons (Fsp3) is 0.500. The molecule has 0 amide bonds. The molecule has 1 aliphatic heterocycles. The zero-order valence-corrected chi connectivity index (χ0v) is 27.5. The average molecular weight is 670 g/mol. The van der Waals surface area contributed by atoms with Gasteiger partial charge in [0.05, 0.1) is 0 Å². The number of rotatable bonds is 2. The molecule has 0 N–H and O–H groups in total. The Morgan fingerprint density at radius 1 is 0.645 bits per heavy atom. The second kappa shape index (κ2) is 10.6. The molecule has 0 unspecified atom stereocenters. The van der Waals surface area contributed by atoms with Gasteiger partial charge >= 0.3 is 129 Å². The van der Waals surface area contributed by atoms with Gasteiger partial charge in [-0.3, -0.25) is 0 Å². The summed E-state index contributed by atoms with van der Waals surface area (Å²) in [7, 11) is -2.58. The normalized spacial score (nSPS) is 19.4. The van der Waals surface area contributed by atoms with Crippen LogP contribution >= 0.6 is 8.58 Å². The van der Waals surface area contributed by atoms with E-state index in [0.29, 0.717) is 0 Å². The summed E-state index contributed by atoms with van der Waals surface area (Å²) in [6, 6.07) is 21.2. The molecule has 2 aromatic carbocycles. The molecule has 1 heterocycles. The summed E-state index contributed by atoms with van der Waals surface area (Å²) < 4.78 is 12.3. The van der Waals surface area contributed by atoms with Gasteiger partial charge in [0.1, 0.15) is 0 Å². The minimum absolute atomic E-state index is 0.251. The molecule has 1 aliphatic rings. The minimum Gasteiger partial charge on any atom is -0.0622 e. The molecule has 0 spiro atoms. The number of hydrogen-bond donors (Lipinski definition) is 0. The van der Waals surface area contributed by atoms with Gasteiger partial charge in [0.25, 0.3) is 0 Å². The van der Waals surface area contributed by atoms with Crippen LogP contribution in [-0.2, 0) is 4.12 Å². The van der Waals surface area contributed by atoms with Gasteiger partial charge in [0.15, 0.2) is 0 Å².